The van der Waals surface area contributed by atoms with Crippen molar-refractivity contribution >= 4 is 23.6 Å². The third-order valence-electron chi connectivity index (χ3n) is 4.79. The van der Waals surface area contributed by atoms with Crippen LogP contribution < -0.4 is 9.64 Å². The number of carbonyl (C=O) groups excluding carboxylic acids is 3. The molecule has 1 saturated heterocycles. The number of anilines is 1. The quantitative estimate of drug-likeness (QED) is 0.781. The summed E-state index contributed by atoms with van der Waals surface area (Å²) in [6.45, 7) is 3.61. The first-order valence-corrected chi connectivity index (χ1v) is 8.58. The number of fused-ring (bicyclic) bond motifs is 1. The standard InChI is InChI=1S/C18H23N3O5/c1-12-17(23)19(2)14-10-13(4-5-15(14)26-12)11-16(22)20-6-8-21(9-7-20)18(24)25-3/h4-5,10,12H,6-9,11H2,1-3H3. The minimum atomic E-state index is -0.508. The molecule has 2 heterocycles. The van der Waals surface area contributed by atoms with Gasteiger partial charge in [-0.1, -0.05) is 6.07 Å². The van der Waals surface area contributed by atoms with Gasteiger partial charge in [-0.3, -0.25) is 9.59 Å². The molecule has 0 N–H and O–H groups in total. The molecule has 0 saturated carbocycles. The van der Waals surface area contributed by atoms with Crippen molar-refractivity contribution in [3.8, 4) is 5.75 Å². The lowest BCUT2D eigenvalue weighted by Crippen LogP contribution is -2.51. The fraction of sp³-hybridized carbons (Fsp3) is 0.500. The molecule has 3 rings (SSSR count). The molecule has 0 bridgehead atoms. The van der Waals surface area contributed by atoms with Gasteiger partial charge in [-0.15, -0.1) is 0 Å². The van der Waals surface area contributed by atoms with Crippen LogP contribution in [0.5, 0.6) is 5.75 Å². The highest BCUT2D eigenvalue weighted by molar-refractivity contribution is 5.99. The van der Waals surface area contributed by atoms with Gasteiger partial charge in [0.15, 0.2) is 6.10 Å². The van der Waals surface area contributed by atoms with Gasteiger partial charge in [0.25, 0.3) is 5.91 Å². The van der Waals surface area contributed by atoms with Gasteiger partial charge in [0.2, 0.25) is 5.91 Å². The van der Waals surface area contributed by atoms with Gasteiger partial charge < -0.3 is 24.2 Å². The van der Waals surface area contributed by atoms with Crippen molar-refractivity contribution in [3.63, 3.8) is 0 Å². The SMILES string of the molecule is COC(=O)N1CCN(C(=O)Cc2ccc3c(c2)N(C)C(=O)C(C)O3)CC1. The van der Waals surface area contributed by atoms with Crippen molar-refractivity contribution in [3.05, 3.63) is 23.8 Å². The normalized spacial score (nSPS) is 19.7. The predicted molar refractivity (Wildman–Crippen MR) is 94.2 cm³/mol. The number of nitrogens with zero attached hydrogens (tertiary/aromatic N) is 3. The molecule has 0 aliphatic carbocycles. The van der Waals surface area contributed by atoms with Crippen LogP contribution in [0.15, 0.2) is 18.2 Å². The first-order valence-electron chi connectivity index (χ1n) is 8.58. The smallest absolute Gasteiger partial charge is 0.409 e. The lowest BCUT2D eigenvalue weighted by atomic mass is 10.1. The van der Waals surface area contributed by atoms with Crippen LogP contribution in [0.2, 0.25) is 0 Å². The van der Waals surface area contributed by atoms with Crippen LogP contribution in [0.1, 0.15) is 12.5 Å². The summed E-state index contributed by atoms with van der Waals surface area (Å²) in [6, 6.07) is 5.46. The van der Waals surface area contributed by atoms with Gasteiger partial charge >= 0.3 is 6.09 Å². The van der Waals surface area contributed by atoms with Crippen LogP contribution in [0.25, 0.3) is 0 Å². The Morgan fingerprint density at radius 1 is 1.19 bits per heavy atom. The summed E-state index contributed by atoms with van der Waals surface area (Å²) >= 11 is 0. The minimum absolute atomic E-state index is 0.00598. The van der Waals surface area contributed by atoms with Crippen LogP contribution in [-0.2, 0) is 20.7 Å². The summed E-state index contributed by atoms with van der Waals surface area (Å²) in [7, 11) is 3.06. The lowest BCUT2D eigenvalue weighted by Gasteiger charge is -2.34. The average molecular weight is 361 g/mol. The van der Waals surface area contributed by atoms with Gasteiger partial charge in [-0.2, -0.15) is 0 Å². The van der Waals surface area contributed by atoms with Crippen molar-refractivity contribution in [1.82, 2.24) is 9.80 Å². The number of rotatable bonds is 2. The largest absolute Gasteiger partial charge is 0.479 e. The van der Waals surface area contributed by atoms with Crippen LogP contribution in [-0.4, -0.2) is 74.1 Å². The van der Waals surface area contributed by atoms with E-state index in [1.54, 1.807) is 34.7 Å². The Labute approximate surface area is 152 Å². The van der Waals surface area contributed by atoms with E-state index in [9.17, 15) is 14.4 Å². The number of likely N-dealkylation sites (N-methyl/N-ethyl adjacent to an activating group) is 1. The Hall–Kier alpha value is -2.77. The van der Waals surface area contributed by atoms with Crippen molar-refractivity contribution < 1.29 is 23.9 Å². The maximum Gasteiger partial charge on any atom is 0.409 e. The third-order valence-corrected chi connectivity index (χ3v) is 4.79. The summed E-state index contributed by atoms with van der Waals surface area (Å²) in [6.07, 6.45) is -0.636. The molecule has 3 amide bonds. The van der Waals surface area contributed by atoms with Crippen molar-refractivity contribution in [1.29, 1.82) is 0 Å². The Kier molecular flexibility index (Phi) is 5.01. The van der Waals surface area contributed by atoms with Gasteiger partial charge in [0.1, 0.15) is 5.75 Å². The number of benzene rings is 1. The molecule has 8 heteroatoms. The summed E-state index contributed by atoms with van der Waals surface area (Å²) in [5, 5.41) is 0. The van der Waals surface area contributed by atoms with Crippen molar-refractivity contribution in [2.24, 2.45) is 0 Å². The van der Waals surface area contributed by atoms with Crippen molar-refractivity contribution in [2.75, 3.05) is 45.2 Å². The first kappa shape index (κ1) is 18.0. The summed E-state index contributed by atoms with van der Waals surface area (Å²) < 4.78 is 10.3. The predicted octanol–water partition coefficient (Wildman–Crippen LogP) is 0.883. The highest BCUT2D eigenvalue weighted by Crippen LogP contribution is 2.34. The molecular weight excluding hydrogens is 338 g/mol. The Morgan fingerprint density at radius 3 is 2.50 bits per heavy atom. The zero-order valence-electron chi connectivity index (χ0n) is 15.2. The first-order chi connectivity index (χ1) is 12.4. The maximum atomic E-state index is 12.6. The average Bonchev–Trinajstić information content (AvgIpc) is 2.66. The van der Waals surface area contributed by atoms with Gasteiger partial charge in [-0.05, 0) is 24.6 Å². The number of carbonyl (C=O) groups is 3. The number of ether oxygens (including phenoxy) is 2. The van der Waals surface area contributed by atoms with E-state index in [0.29, 0.717) is 37.6 Å². The highest BCUT2D eigenvalue weighted by Gasteiger charge is 2.29. The third kappa shape index (κ3) is 3.44. The molecule has 140 valence electrons. The second-order valence-electron chi connectivity index (χ2n) is 6.47. The van der Waals surface area contributed by atoms with Gasteiger partial charge in [0, 0.05) is 33.2 Å². The van der Waals surface area contributed by atoms with Crippen LogP contribution in [0.3, 0.4) is 0 Å². The molecule has 2 aliphatic heterocycles. The molecule has 1 unspecified atom stereocenters. The molecule has 26 heavy (non-hydrogen) atoms. The molecule has 0 radical (unpaired) electrons. The minimum Gasteiger partial charge on any atom is -0.479 e. The molecule has 0 aromatic heterocycles. The molecular formula is C18H23N3O5. The zero-order chi connectivity index (χ0) is 18.8. The van der Waals surface area contributed by atoms with Crippen LogP contribution in [0, 0.1) is 0 Å². The molecule has 1 fully saturated rings. The van der Waals surface area contributed by atoms with Crippen molar-refractivity contribution in [2.45, 2.75) is 19.4 Å². The topological polar surface area (TPSA) is 79.4 Å². The monoisotopic (exact) mass is 361 g/mol. The van der Waals surface area contributed by atoms with E-state index >= 15 is 0 Å². The number of hydrogen-bond donors (Lipinski definition) is 0. The number of methoxy groups -OCH3 is 1. The van der Waals surface area contributed by atoms with Crippen LogP contribution >= 0.6 is 0 Å². The number of piperazine rings is 1. The van der Waals surface area contributed by atoms with E-state index in [-0.39, 0.29) is 24.3 Å². The Morgan fingerprint density at radius 2 is 1.85 bits per heavy atom. The molecule has 1 aromatic rings. The maximum absolute atomic E-state index is 12.6. The van der Waals surface area contributed by atoms with E-state index < -0.39 is 6.10 Å². The second kappa shape index (κ2) is 7.23. The number of amides is 3. The molecule has 0 spiro atoms. The fourth-order valence-corrected chi connectivity index (χ4v) is 3.22. The summed E-state index contributed by atoms with van der Waals surface area (Å²) in [5.41, 5.74) is 1.50. The fourth-order valence-electron chi connectivity index (χ4n) is 3.22. The molecule has 2 aliphatic rings. The van der Waals surface area contributed by atoms with E-state index in [2.05, 4.69) is 0 Å². The van der Waals surface area contributed by atoms with Crippen LogP contribution in [0.4, 0.5) is 10.5 Å². The lowest BCUT2D eigenvalue weighted by molar-refractivity contribution is -0.132. The highest BCUT2D eigenvalue weighted by atomic mass is 16.5. The molecule has 1 atom stereocenters. The zero-order valence-corrected chi connectivity index (χ0v) is 15.2. The van der Waals surface area contributed by atoms with E-state index in [0.717, 1.165) is 5.56 Å². The Bertz CT molecular complexity index is 728. The second-order valence-corrected chi connectivity index (χ2v) is 6.47. The van der Waals surface area contributed by atoms with E-state index in [1.165, 1.54) is 7.11 Å². The van der Waals surface area contributed by atoms with Gasteiger partial charge in [-0.25, -0.2) is 4.79 Å². The summed E-state index contributed by atoms with van der Waals surface area (Å²) in [5.74, 6) is 0.524. The number of hydrogen-bond acceptors (Lipinski definition) is 5. The molecule has 8 nitrogen and oxygen atoms in total. The van der Waals surface area contributed by atoms with Gasteiger partial charge in [0.05, 0.1) is 19.2 Å². The van der Waals surface area contributed by atoms with E-state index in [4.69, 9.17) is 9.47 Å². The summed E-state index contributed by atoms with van der Waals surface area (Å²) in [4.78, 5) is 41.0. The Balaban J connectivity index is 1.64. The molecule has 1 aromatic carbocycles. The van der Waals surface area contributed by atoms with E-state index in [1.807, 2.05) is 12.1 Å².